The molecule has 0 aromatic heterocycles. The van der Waals surface area contributed by atoms with Gasteiger partial charge in [0.1, 0.15) is 13.2 Å². The molecular weight excluding hydrogens is 392 g/mol. The van der Waals surface area contributed by atoms with Gasteiger partial charge in [0.2, 0.25) is 0 Å². The second-order valence-corrected chi connectivity index (χ2v) is 8.53. The molecule has 2 aliphatic heterocycles. The Kier molecular flexibility index (Phi) is 7.82. The SMILES string of the molecule is CC1(COCCOC(=O)c2ccccc2C(=O)OCCOCC2(C)COC2)COC1. The number of esters is 2. The van der Waals surface area contributed by atoms with Crippen molar-refractivity contribution in [3.8, 4) is 0 Å². The smallest absolute Gasteiger partial charge is 0.339 e. The summed E-state index contributed by atoms with van der Waals surface area (Å²) in [4.78, 5) is 24.8. The maximum atomic E-state index is 12.4. The highest BCUT2D eigenvalue weighted by atomic mass is 16.6. The van der Waals surface area contributed by atoms with Crippen LogP contribution in [0.4, 0.5) is 0 Å². The summed E-state index contributed by atoms with van der Waals surface area (Å²) in [6.07, 6.45) is 0. The fraction of sp³-hybridized carbons (Fsp3) is 0.636. The summed E-state index contributed by atoms with van der Waals surface area (Å²) in [6, 6.07) is 6.43. The molecule has 1 aromatic rings. The fourth-order valence-corrected chi connectivity index (χ4v) is 3.09. The van der Waals surface area contributed by atoms with E-state index in [-0.39, 0.29) is 48.4 Å². The summed E-state index contributed by atoms with van der Waals surface area (Å²) in [6.45, 7) is 8.79. The van der Waals surface area contributed by atoms with Crippen molar-refractivity contribution >= 4 is 11.9 Å². The zero-order chi connectivity index (χ0) is 21.5. The van der Waals surface area contributed by atoms with Crippen LogP contribution in [0.25, 0.3) is 0 Å². The van der Waals surface area contributed by atoms with Crippen LogP contribution >= 0.6 is 0 Å². The molecule has 2 aliphatic rings. The van der Waals surface area contributed by atoms with Crippen LogP contribution in [0.15, 0.2) is 24.3 Å². The van der Waals surface area contributed by atoms with Gasteiger partial charge < -0.3 is 28.4 Å². The highest BCUT2D eigenvalue weighted by Crippen LogP contribution is 2.27. The van der Waals surface area contributed by atoms with Crippen LogP contribution in [-0.4, -0.2) is 78.0 Å². The average molecular weight is 422 g/mol. The zero-order valence-corrected chi connectivity index (χ0v) is 17.6. The largest absolute Gasteiger partial charge is 0.460 e. The van der Waals surface area contributed by atoms with Crippen molar-refractivity contribution in [2.75, 3.05) is 66.1 Å². The average Bonchev–Trinajstić information content (AvgIpc) is 2.70. The molecule has 30 heavy (non-hydrogen) atoms. The van der Waals surface area contributed by atoms with E-state index in [0.717, 1.165) is 0 Å². The van der Waals surface area contributed by atoms with E-state index in [4.69, 9.17) is 28.4 Å². The lowest BCUT2D eigenvalue weighted by Gasteiger charge is -2.37. The van der Waals surface area contributed by atoms with E-state index in [9.17, 15) is 9.59 Å². The number of carbonyl (C=O) groups is 2. The lowest BCUT2D eigenvalue weighted by atomic mass is 9.90. The van der Waals surface area contributed by atoms with Crippen LogP contribution in [0.2, 0.25) is 0 Å². The minimum atomic E-state index is -0.585. The van der Waals surface area contributed by atoms with Crippen LogP contribution in [-0.2, 0) is 28.4 Å². The van der Waals surface area contributed by atoms with Crippen molar-refractivity contribution in [2.45, 2.75) is 13.8 Å². The number of ether oxygens (including phenoxy) is 6. The lowest BCUT2D eigenvalue weighted by molar-refractivity contribution is -0.139. The highest BCUT2D eigenvalue weighted by molar-refractivity contribution is 6.03. The maximum absolute atomic E-state index is 12.4. The van der Waals surface area contributed by atoms with Gasteiger partial charge in [0.05, 0.1) is 64.0 Å². The molecular formula is C22H30O8. The molecule has 166 valence electrons. The van der Waals surface area contributed by atoms with Gasteiger partial charge in [0.25, 0.3) is 0 Å². The molecule has 0 aliphatic carbocycles. The first-order valence-electron chi connectivity index (χ1n) is 10.2. The third-order valence-electron chi connectivity index (χ3n) is 4.99. The molecule has 8 nitrogen and oxygen atoms in total. The van der Waals surface area contributed by atoms with E-state index < -0.39 is 11.9 Å². The van der Waals surface area contributed by atoms with Gasteiger partial charge in [-0.2, -0.15) is 0 Å². The van der Waals surface area contributed by atoms with Gasteiger partial charge in [-0.3, -0.25) is 0 Å². The topological polar surface area (TPSA) is 89.5 Å². The molecule has 8 heteroatoms. The highest BCUT2D eigenvalue weighted by Gasteiger charge is 2.34. The van der Waals surface area contributed by atoms with Gasteiger partial charge >= 0.3 is 11.9 Å². The molecule has 0 radical (unpaired) electrons. The predicted octanol–water partition coefficient (Wildman–Crippen LogP) is 2.11. The molecule has 3 rings (SSSR count). The number of carbonyl (C=O) groups excluding carboxylic acids is 2. The summed E-state index contributed by atoms with van der Waals surface area (Å²) in [5.74, 6) is -1.17. The maximum Gasteiger partial charge on any atom is 0.339 e. The van der Waals surface area contributed by atoms with Crippen molar-refractivity contribution in [3.63, 3.8) is 0 Å². The number of hydrogen-bond donors (Lipinski definition) is 0. The molecule has 0 amide bonds. The Morgan fingerprint density at radius 3 is 1.50 bits per heavy atom. The normalized spacial score (nSPS) is 18.7. The molecule has 0 bridgehead atoms. The van der Waals surface area contributed by atoms with E-state index in [1.54, 1.807) is 24.3 Å². The first kappa shape index (κ1) is 22.7. The minimum Gasteiger partial charge on any atom is -0.460 e. The van der Waals surface area contributed by atoms with Crippen molar-refractivity contribution in [3.05, 3.63) is 35.4 Å². The van der Waals surface area contributed by atoms with Crippen LogP contribution in [0.3, 0.4) is 0 Å². The van der Waals surface area contributed by atoms with Crippen molar-refractivity contribution in [1.29, 1.82) is 0 Å². The Morgan fingerprint density at radius 2 is 1.17 bits per heavy atom. The lowest BCUT2D eigenvalue weighted by Crippen LogP contribution is -2.43. The third-order valence-corrected chi connectivity index (χ3v) is 4.99. The zero-order valence-electron chi connectivity index (χ0n) is 17.6. The first-order valence-corrected chi connectivity index (χ1v) is 10.2. The Bertz CT molecular complexity index is 663. The molecule has 0 saturated carbocycles. The number of hydrogen-bond acceptors (Lipinski definition) is 8. The van der Waals surface area contributed by atoms with Gasteiger partial charge in [0.15, 0.2) is 0 Å². The van der Waals surface area contributed by atoms with Crippen molar-refractivity contribution in [2.24, 2.45) is 10.8 Å². The summed E-state index contributed by atoms with van der Waals surface area (Å²) in [7, 11) is 0. The van der Waals surface area contributed by atoms with E-state index >= 15 is 0 Å². The Morgan fingerprint density at radius 1 is 0.767 bits per heavy atom. The summed E-state index contributed by atoms with van der Waals surface area (Å²) < 4.78 is 31.9. The van der Waals surface area contributed by atoms with Crippen LogP contribution in [0, 0.1) is 10.8 Å². The summed E-state index contributed by atoms with van der Waals surface area (Å²) >= 11 is 0. The van der Waals surface area contributed by atoms with Gasteiger partial charge in [-0.25, -0.2) is 9.59 Å². The molecule has 1 aromatic carbocycles. The quantitative estimate of drug-likeness (QED) is 0.374. The third kappa shape index (κ3) is 6.25. The molecule has 0 spiro atoms. The predicted molar refractivity (Wildman–Crippen MR) is 106 cm³/mol. The second kappa shape index (κ2) is 10.3. The Labute approximate surface area is 176 Å². The molecule has 0 unspecified atom stereocenters. The fourth-order valence-electron chi connectivity index (χ4n) is 3.09. The van der Waals surface area contributed by atoms with E-state index in [1.807, 2.05) is 0 Å². The van der Waals surface area contributed by atoms with Gasteiger partial charge in [-0.1, -0.05) is 26.0 Å². The van der Waals surface area contributed by atoms with Gasteiger partial charge in [-0.15, -0.1) is 0 Å². The van der Waals surface area contributed by atoms with Gasteiger partial charge in [-0.05, 0) is 12.1 Å². The Hall–Kier alpha value is -2.00. The van der Waals surface area contributed by atoms with Crippen molar-refractivity contribution in [1.82, 2.24) is 0 Å². The van der Waals surface area contributed by atoms with Gasteiger partial charge in [0, 0.05) is 10.8 Å². The van der Waals surface area contributed by atoms with E-state index in [0.29, 0.717) is 39.6 Å². The van der Waals surface area contributed by atoms with E-state index in [1.165, 1.54) is 0 Å². The number of rotatable bonds is 12. The number of benzene rings is 1. The van der Waals surface area contributed by atoms with Crippen LogP contribution < -0.4 is 0 Å². The molecule has 2 fully saturated rings. The monoisotopic (exact) mass is 422 g/mol. The molecule has 0 N–H and O–H groups in total. The second-order valence-electron chi connectivity index (χ2n) is 8.53. The standard InChI is InChI=1S/C22H30O8/c1-21(13-27-14-21)11-25-7-9-29-19(23)17-5-3-4-6-18(17)20(24)30-10-8-26-12-22(2)15-28-16-22/h3-6H,7-16H2,1-2H3. The summed E-state index contributed by atoms with van der Waals surface area (Å²) in [5, 5.41) is 0. The Balaban J connectivity index is 1.37. The van der Waals surface area contributed by atoms with Crippen LogP contribution in [0.5, 0.6) is 0 Å². The van der Waals surface area contributed by atoms with Crippen LogP contribution in [0.1, 0.15) is 34.6 Å². The molecule has 2 heterocycles. The first-order chi connectivity index (χ1) is 14.4. The van der Waals surface area contributed by atoms with Crippen molar-refractivity contribution < 1.29 is 38.0 Å². The molecule has 0 atom stereocenters. The molecule has 2 saturated heterocycles. The van der Waals surface area contributed by atoms with E-state index in [2.05, 4.69) is 13.8 Å². The minimum absolute atomic E-state index is 0.0491. The summed E-state index contributed by atoms with van der Waals surface area (Å²) in [5.41, 5.74) is 0.435.